The first-order valence-electron chi connectivity index (χ1n) is 5.87. The summed E-state index contributed by atoms with van der Waals surface area (Å²) in [5.74, 6) is 0.649. The molecule has 0 bridgehead atoms. The Morgan fingerprint density at radius 2 is 2.19 bits per heavy atom. The van der Waals surface area contributed by atoms with Gasteiger partial charge in [-0.2, -0.15) is 0 Å². The molecule has 0 saturated heterocycles. The molecule has 2 rings (SSSR count). The number of anilines is 1. The molecule has 1 N–H and O–H groups in total. The Labute approximate surface area is 110 Å². The Balaban J connectivity index is 2.02. The number of benzene rings is 1. The maximum absolute atomic E-state index is 13.0. The third-order valence-electron chi connectivity index (χ3n) is 3.23. The quantitative estimate of drug-likeness (QED) is 0.790. The molecule has 1 saturated carbocycles. The van der Waals surface area contributed by atoms with E-state index >= 15 is 0 Å². The molecule has 0 aromatic heterocycles. The molecule has 0 radical (unpaired) electrons. The van der Waals surface area contributed by atoms with Crippen LogP contribution in [0.1, 0.15) is 32.6 Å². The minimum absolute atomic E-state index is 0.160. The summed E-state index contributed by atoms with van der Waals surface area (Å²) in [7, 11) is 0. The highest BCUT2D eigenvalue weighted by Gasteiger charge is 2.19. The van der Waals surface area contributed by atoms with E-state index < -0.39 is 0 Å². The molecule has 0 spiro atoms. The molecule has 88 valence electrons. The molecule has 1 aromatic rings. The molecule has 16 heavy (non-hydrogen) atoms. The van der Waals surface area contributed by atoms with Gasteiger partial charge in [0.05, 0.1) is 0 Å². The van der Waals surface area contributed by atoms with E-state index in [9.17, 15) is 4.39 Å². The first-order chi connectivity index (χ1) is 7.65. The lowest BCUT2D eigenvalue weighted by Crippen LogP contribution is -2.26. The molecule has 3 heteroatoms. The minimum atomic E-state index is -0.160. The summed E-state index contributed by atoms with van der Waals surface area (Å²) in [6, 6.07) is 5.50. The SMILES string of the molecule is CC1CCCC(Nc2ccc(F)cc2I)C1. The van der Waals surface area contributed by atoms with Gasteiger partial charge in [-0.15, -0.1) is 0 Å². The molecule has 1 aliphatic carbocycles. The van der Waals surface area contributed by atoms with Gasteiger partial charge in [-0.1, -0.05) is 19.8 Å². The lowest BCUT2D eigenvalue weighted by atomic mass is 9.87. The fraction of sp³-hybridized carbons (Fsp3) is 0.538. The van der Waals surface area contributed by atoms with Crippen molar-refractivity contribution in [2.24, 2.45) is 5.92 Å². The Morgan fingerprint density at radius 1 is 1.38 bits per heavy atom. The number of nitrogens with one attached hydrogen (secondary N) is 1. The van der Waals surface area contributed by atoms with Crippen LogP contribution in [-0.2, 0) is 0 Å². The molecule has 0 amide bonds. The van der Waals surface area contributed by atoms with Gasteiger partial charge in [0.15, 0.2) is 0 Å². The van der Waals surface area contributed by atoms with Crippen molar-refractivity contribution in [2.45, 2.75) is 38.6 Å². The lowest BCUT2D eigenvalue weighted by molar-refractivity contribution is 0.358. The first-order valence-corrected chi connectivity index (χ1v) is 6.94. The second-order valence-corrected chi connectivity index (χ2v) is 5.90. The topological polar surface area (TPSA) is 12.0 Å². The van der Waals surface area contributed by atoms with Crippen LogP contribution >= 0.6 is 22.6 Å². The van der Waals surface area contributed by atoms with Crippen LogP contribution in [0.15, 0.2) is 18.2 Å². The van der Waals surface area contributed by atoms with Crippen LogP contribution in [0.5, 0.6) is 0 Å². The second-order valence-electron chi connectivity index (χ2n) is 4.74. The lowest BCUT2D eigenvalue weighted by Gasteiger charge is -2.28. The maximum Gasteiger partial charge on any atom is 0.124 e. The van der Waals surface area contributed by atoms with Gasteiger partial charge in [-0.3, -0.25) is 0 Å². The van der Waals surface area contributed by atoms with Crippen LogP contribution in [0.2, 0.25) is 0 Å². The van der Waals surface area contributed by atoms with Gasteiger partial charge in [-0.05, 0) is 59.5 Å². The van der Waals surface area contributed by atoms with Crippen LogP contribution in [0.3, 0.4) is 0 Å². The molecule has 1 nitrogen and oxygen atoms in total. The predicted molar refractivity (Wildman–Crippen MR) is 74.2 cm³/mol. The number of halogens is 2. The monoisotopic (exact) mass is 333 g/mol. The average Bonchev–Trinajstić information content (AvgIpc) is 2.22. The summed E-state index contributed by atoms with van der Waals surface area (Å²) in [6.07, 6.45) is 5.11. The zero-order chi connectivity index (χ0) is 11.5. The van der Waals surface area contributed by atoms with E-state index in [0.29, 0.717) is 6.04 Å². The van der Waals surface area contributed by atoms with Crippen LogP contribution in [0.4, 0.5) is 10.1 Å². The van der Waals surface area contributed by atoms with Crippen LogP contribution in [-0.4, -0.2) is 6.04 Å². The highest BCUT2D eigenvalue weighted by molar-refractivity contribution is 14.1. The number of hydrogen-bond donors (Lipinski definition) is 1. The third kappa shape index (κ3) is 3.09. The van der Waals surface area contributed by atoms with Crippen molar-refractivity contribution in [3.8, 4) is 0 Å². The predicted octanol–water partition coefficient (Wildman–Crippen LogP) is 4.42. The van der Waals surface area contributed by atoms with Gasteiger partial charge in [0.25, 0.3) is 0 Å². The Bertz CT molecular complexity index is 367. The van der Waals surface area contributed by atoms with Gasteiger partial charge in [0.2, 0.25) is 0 Å². The summed E-state index contributed by atoms with van der Waals surface area (Å²) in [5.41, 5.74) is 1.07. The van der Waals surface area contributed by atoms with Gasteiger partial charge in [-0.25, -0.2) is 4.39 Å². The molecule has 2 atom stereocenters. The maximum atomic E-state index is 13.0. The highest BCUT2D eigenvalue weighted by atomic mass is 127. The van der Waals surface area contributed by atoms with Gasteiger partial charge >= 0.3 is 0 Å². The van der Waals surface area contributed by atoms with E-state index in [1.165, 1.54) is 31.7 Å². The Hall–Kier alpha value is -0.320. The van der Waals surface area contributed by atoms with E-state index in [1.807, 2.05) is 6.07 Å². The Morgan fingerprint density at radius 3 is 2.88 bits per heavy atom. The van der Waals surface area contributed by atoms with Gasteiger partial charge < -0.3 is 5.32 Å². The molecule has 1 aromatic carbocycles. The molecular weight excluding hydrogens is 316 g/mol. The largest absolute Gasteiger partial charge is 0.381 e. The van der Waals surface area contributed by atoms with E-state index in [2.05, 4.69) is 34.8 Å². The van der Waals surface area contributed by atoms with Crippen LogP contribution in [0, 0.1) is 15.3 Å². The third-order valence-corrected chi connectivity index (χ3v) is 4.12. The second kappa shape index (κ2) is 5.34. The summed E-state index contributed by atoms with van der Waals surface area (Å²) in [6.45, 7) is 2.31. The van der Waals surface area contributed by atoms with Gasteiger partial charge in [0, 0.05) is 15.3 Å². The number of rotatable bonds is 2. The molecule has 0 heterocycles. The molecule has 1 aliphatic rings. The van der Waals surface area contributed by atoms with Crippen molar-refractivity contribution in [1.29, 1.82) is 0 Å². The summed E-state index contributed by atoms with van der Waals surface area (Å²) < 4.78 is 13.9. The smallest absolute Gasteiger partial charge is 0.124 e. The summed E-state index contributed by atoms with van der Waals surface area (Å²) in [5, 5.41) is 3.53. The van der Waals surface area contributed by atoms with Crippen molar-refractivity contribution in [3.63, 3.8) is 0 Å². The van der Waals surface area contributed by atoms with Crippen LogP contribution < -0.4 is 5.32 Å². The zero-order valence-corrected chi connectivity index (χ0v) is 11.6. The van der Waals surface area contributed by atoms with Crippen molar-refractivity contribution >= 4 is 28.3 Å². The summed E-state index contributed by atoms with van der Waals surface area (Å²) >= 11 is 2.18. The van der Waals surface area contributed by atoms with Crippen LogP contribution in [0.25, 0.3) is 0 Å². The number of hydrogen-bond acceptors (Lipinski definition) is 1. The normalized spacial score (nSPS) is 25.4. The molecule has 1 fully saturated rings. The Kier molecular flexibility index (Phi) is 4.05. The average molecular weight is 333 g/mol. The first kappa shape index (κ1) is 12.1. The van der Waals surface area contributed by atoms with Crippen molar-refractivity contribution in [2.75, 3.05) is 5.32 Å². The highest BCUT2D eigenvalue weighted by Crippen LogP contribution is 2.28. The molecule has 2 unspecified atom stereocenters. The van der Waals surface area contributed by atoms with Crippen molar-refractivity contribution in [1.82, 2.24) is 0 Å². The molecule has 0 aliphatic heterocycles. The van der Waals surface area contributed by atoms with E-state index in [1.54, 1.807) is 6.07 Å². The minimum Gasteiger partial charge on any atom is -0.381 e. The fourth-order valence-corrected chi connectivity index (χ4v) is 3.02. The van der Waals surface area contributed by atoms with Gasteiger partial charge in [0.1, 0.15) is 5.82 Å². The fourth-order valence-electron chi connectivity index (χ4n) is 2.39. The van der Waals surface area contributed by atoms with Crippen molar-refractivity contribution in [3.05, 3.63) is 27.6 Å². The molecular formula is C13H17FIN. The van der Waals surface area contributed by atoms with Crippen molar-refractivity contribution < 1.29 is 4.39 Å². The van der Waals surface area contributed by atoms with E-state index in [0.717, 1.165) is 15.2 Å². The van der Waals surface area contributed by atoms with E-state index in [4.69, 9.17) is 0 Å². The van der Waals surface area contributed by atoms with E-state index in [-0.39, 0.29) is 5.82 Å². The zero-order valence-electron chi connectivity index (χ0n) is 9.47. The summed E-state index contributed by atoms with van der Waals surface area (Å²) in [4.78, 5) is 0. The standard InChI is InChI=1S/C13H17FIN/c1-9-3-2-4-11(7-9)16-13-6-5-10(14)8-12(13)15/h5-6,8-9,11,16H,2-4,7H2,1H3.